The quantitative estimate of drug-likeness (QED) is 0.753. The summed E-state index contributed by atoms with van der Waals surface area (Å²) >= 11 is 5.79. The van der Waals surface area contributed by atoms with E-state index in [1.54, 1.807) is 10.9 Å². The van der Waals surface area contributed by atoms with E-state index in [9.17, 15) is 8.42 Å². The molecule has 2 aromatic carbocycles. The van der Waals surface area contributed by atoms with Crippen molar-refractivity contribution >= 4 is 27.3 Å². The number of hydrogen-bond donors (Lipinski definition) is 1. The van der Waals surface area contributed by atoms with Gasteiger partial charge >= 0.3 is 0 Å². The first-order chi connectivity index (χ1) is 11.4. The summed E-state index contributed by atoms with van der Waals surface area (Å²) < 4.78 is 28.9. The van der Waals surface area contributed by atoms with Crippen molar-refractivity contribution in [1.82, 2.24) is 9.78 Å². The number of rotatable bonds is 5. The van der Waals surface area contributed by atoms with E-state index < -0.39 is 10.0 Å². The molecule has 5 nitrogen and oxygen atoms in total. The van der Waals surface area contributed by atoms with Crippen LogP contribution in [0.5, 0.6) is 0 Å². The number of aromatic nitrogens is 2. The van der Waals surface area contributed by atoms with Gasteiger partial charge < -0.3 is 0 Å². The summed E-state index contributed by atoms with van der Waals surface area (Å²) in [5.41, 5.74) is 2.71. The van der Waals surface area contributed by atoms with Gasteiger partial charge in [0.2, 0.25) is 0 Å². The third kappa shape index (κ3) is 3.77. The normalized spacial score (nSPS) is 11.4. The molecule has 0 unspecified atom stereocenters. The highest BCUT2D eigenvalue weighted by molar-refractivity contribution is 7.92. The van der Waals surface area contributed by atoms with Gasteiger partial charge in [-0.05, 0) is 42.3 Å². The predicted molar refractivity (Wildman–Crippen MR) is 94.8 cm³/mol. The molecule has 0 fully saturated rings. The number of hydrogen-bond acceptors (Lipinski definition) is 3. The second-order valence-corrected chi connectivity index (χ2v) is 7.53. The van der Waals surface area contributed by atoms with Crippen LogP contribution in [0.2, 0.25) is 5.02 Å². The summed E-state index contributed by atoms with van der Waals surface area (Å²) in [6.45, 7) is 2.61. The van der Waals surface area contributed by atoms with Gasteiger partial charge in [-0.25, -0.2) is 8.42 Å². The molecule has 0 bridgehead atoms. The highest BCUT2D eigenvalue weighted by atomic mass is 35.5. The molecule has 1 N–H and O–H groups in total. The Kier molecular flexibility index (Phi) is 4.59. The molecule has 0 aliphatic rings. The smallest absolute Gasteiger partial charge is 0.261 e. The summed E-state index contributed by atoms with van der Waals surface area (Å²) in [4.78, 5) is 0.151. The van der Waals surface area contributed by atoms with E-state index in [0.29, 0.717) is 17.3 Å². The van der Waals surface area contributed by atoms with Crippen LogP contribution in [-0.4, -0.2) is 18.2 Å². The van der Waals surface area contributed by atoms with Crippen LogP contribution in [-0.2, 0) is 16.6 Å². The van der Waals surface area contributed by atoms with Crippen LogP contribution in [0.15, 0.2) is 65.8 Å². The summed E-state index contributed by atoms with van der Waals surface area (Å²) in [5.74, 6) is 0. The first kappa shape index (κ1) is 16.5. The molecule has 0 saturated heterocycles. The highest BCUT2D eigenvalue weighted by Crippen LogP contribution is 2.18. The van der Waals surface area contributed by atoms with E-state index in [1.165, 1.54) is 30.5 Å². The minimum absolute atomic E-state index is 0.151. The molecule has 0 radical (unpaired) electrons. The zero-order valence-electron chi connectivity index (χ0n) is 13.0. The van der Waals surface area contributed by atoms with Crippen LogP contribution in [0.25, 0.3) is 0 Å². The molecule has 0 aliphatic heterocycles. The van der Waals surface area contributed by atoms with Crippen LogP contribution in [0.3, 0.4) is 0 Å². The molecule has 0 amide bonds. The maximum Gasteiger partial charge on any atom is 0.261 e. The fourth-order valence-electron chi connectivity index (χ4n) is 2.29. The molecule has 0 atom stereocenters. The van der Waals surface area contributed by atoms with Crippen molar-refractivity contribution in [3.8, 4) is 0 Å². The lowest BCUT2D eigenvalue weighted by Gasteiger charge is -2.06. The number of anilines is 1. The predicted octanol–water partition coefficient (Wildman–Crippen LogP) is 3.69. The number of nitrogens with one attached hydrogen (secondary N) is 1. The molecule has 124 valence electrons. The van der Waals surface area contributed by atoms with E-state index in [2.05, 4.69) is 9.82 Å². The summed E-state index contributed by atoms with van der Waals surface area (Å²) in [5, 5.41) is 4.70. The van der Waals surface area contributed by atoms with E-state index in [-0.39, 0.29) is 4.90 Å². The summed E-state index contributed by atoms with van der Waals surface area (Å²) in [7, 11) is -3.66. The molecule has 24 heavy (non-hydrogen) atoms. The Hall–Kier alpha value is -2.31. The van der Waals surface area contributed by atoms with Gasteiger partial charge in [0.05, 0.1) is 23.3 Å². The third-order valence-electron chi connectivity index (χ3n) is 3.60. The number of aryl methyl sites for hydroxylation is 1. The lowest BCUT2D eigenvalue weighted by atomic mass is 10.1. The van der Waals surface area contributed by atoms with Crippen LogP contribution in [0, 0.1) is 6.92 Å². The molecule has 3 aromatic rings. The lowest BCUT2D eigenvalue weighted by molar-refractivity contribution is 0.601. The monoisotopic (exact) mass is 361 g/mol. The van der Waals surface area contributed by atoms with Gasteiger partial charge in [-0.3, -0.25) is 9.40 Å². The molecule has 7 heteroatoms. The number of nitrogens with zero attached hydrogens (tertiary/aromatic N) is 2. The first-order valence-corrected chi connectivity index (χ1v) is 9.15. The van der Waals surface area contributed by atoms with Crippen molar-refractivity contribution < 1.29 is 8.42 Å². The van der Waals surface area contributed by atoms with Gasteiger partial charge in [-0.15, -0.1) is 0 Å². The molecule has 0 aliphatic carbocycles. The minimum Gasteiger partial charge on any atom is -0.276 e. The molecule has 0 saturated carbocycles. The van der Waals surface area contributed by atoms with Gasteiger partial charge in [-0.2, -0.15) is 5.10 Å². The van der Waals surface area contributed by atoms with E-state index >= 15 is 0 Å². The van der Waals surface area contributed by atoms with Crippen molar-refractivity contribution in [2.75, 3.05) is 4.72 Å². The van der Waals surface area contributed by atoms with Gasteiger partial charge in [0.15, 0.2) is 0 Å². The first-order valence-electron chi connectivity index (χ1n) is 7.29. The Morgan fingerprint density at radius 3 is 2.54 bits per heavy atom. The second-order valence-electron chi connectivity index (χ2n) is 5.41. The molecule has 0 spiro atoms. The zero-order chi connectivity index (χ0) is 17.2. The fraction of sp³-hybridized carbons (Fsp3) is 0.118. The van der Waals surface area contributed by atoms with Gasteiger partial charge in [0.25, 0.3) is 10.0 Å². The van der Waals surface area contributed by atoms with Crippen LogP contribution < -0.4 is 4.72 Å². The maximum atomic E-state index is 12.3. The fourth-order valence-corrected chi connectivity index (χ4v) is 3.45. The van der Waals surface area contributed by atoms with Crippen LogP contribution in [0.1, 0.15) is 11.1 Å². The van der Waals surface area contributed by atoms with Gasteiger partial charge in [0, 0.05) is 11.2 Å². The highest BCUT2D eigenvalue weighted by Gasteiger charge is 2.15. The molecule has 1 heterocycles. The van der Waals surface area contributed by atoms with Gasteiger partial charge in [-0.1, -0.05) is 35.9 Å². The zero-order valence-corrected chi connectivity index (χ0v) is 14.6. The molecular weight excluding hydrogens is 346 g/mol. The van der Waals surface area contributed by atoms with Crippen molar-refractivity contribution in [2.24, 2.45) is 0 Å². The average molecular weight is 362 g/mol. The molecule has 1 aromatic heterocycles. The summed E-state index contributed by atoms with van der Waals surface area (Å²) in [6.07, 6.45) is 3.16. The molecule has 3 rings (SSSR count). The second kappa shape index (κ2) is 6.67. The Bertz CT molecular complexity index is 950. The van der Waals surface area contributed by atoms with E-state index in [0.717, 1.165) is 11.1 Å². The Balaban J connectivity index is 1.76. The maximum absolute atomic E-state index is 12.3. The standard InChI is InChI=1S/C17H16ClN3O2S/c1-13-4-2-3-5-14(13)11-21-12-16(10-19-21)20-24(22,23)17-8-6-15(18)7-9-17/h2-10,12,20H,11H2,1H3. The number of benzene rings is 2. The van der Waals surface area contributed by atoms with E-state index in [1.807, 2.05) is 31.2 Å². The van der Waals surface area contributed by atoms with Crippen molar-refractivity contribution in [3.63, 3.8) is 0 Å². The Labute approximate surface area is 145 Å². The van der Waals surface area contributed by atoms with Crippen LogP contribution in [0.4, 0.5) is 5.69 Å². The van der Waals surface area contributed by atoms with Crippen LogP contribution >= 0.6 is 11.6 Å². The molecular formula is C17H16ClN3O2S. The average Bonchev–Trinajstić information content (AvgIpc) is 2.96. The Morgan fingerprint density at radius 2 is 1.83 bits per heavy atom. The van der Waals surface area contributed by atoms with Crippen molar-refractivity contribution in [1.29, 1.82) is 0 Å². The SMILES string of the molecule is Cc1ccccc1Cn1cc(NS(=O)(=O)c2ccc(Cl)cc2)cn1. The van der Waals surface area contributed by atoms with E-state index in [4.69, 9.17) is 11.6 Å². The number of halogens is 1. The number of sulfonamides is 1. The largest absolute Gasteiger partial charge is 0.276 e. The van der Waals surface area contributed by atoms with Crippen molar-refractivity contribution in [2.45, 2.75) is 18.4 Å². The Morgan fingerprint density at radius 1 is 1.12 bits per heavy atom. The lowest BCUT2D eigenvalue weighted by Crippen LogP contribution is -2.12. The minimum atomic E-state index is -3.66. The van der Waals surface area contributed by atoms with Crippen molar-refractivity contribution in [3.05, 3.63) is 77.1 Å². The third-order valence-corrected chi connectivity index (χ3v) is 5.25. The summed E-state index contributed by atoms with van der Waals surface area (Å²) in [6, 6.07) is 14.0. The van der Waals surface area contributed by atoms with Gasteiger partial charge in [0.1, 0.15) is 0 Å². The topological polar surface area (TPSA) is 64.0 Å².